The number of nitrogens with one attached hydrogen (secondary N) is 1. The number of amides is 3. The Morgan fingerprint density at radius 3 is 2.07 bits per heavy atom. The van der Waals surface area contributed by atoms with Crippen LogP contribution in [0.4, 0.5) is 16.2 Å². The average molecular weight is 796 g/mol. The topological polar surface area (TPSA) is 178 Å². The normalized spacial score (nSPS) is 16.6. The maximum absolute atomic E-state index is 13.6. The number of carbonyl (C=O) groups excluding carboxylic acids is 5. The molecule has 0 bridgehead atoms. The smallest absolute Gasteiger partial charge is 0.419 e. The van der Waals surface area contributed by atoms with Crippen LogP contribution in [-0.2, 0) is 41.7 Å². The molecule has 14 nitrogen and oxygen atoms in total. The number of hydrogen-bond acceptors (Lipinski definition) is 12. The molecule has 2 unspecified atom stereocenters. The van der Waals surface area contributed by atoms with Gasteiger partial charge in [0.05, 0.1) is 17.8 Å². The molecule has 3 aliphatic rings. The predicted molar refractivity (Wildman–Crippen MR) is 205 cm³/mol. The highest BCUT2D eigenvalue weighted by Crippen LogP contribution is 2.49. The highest BCUT2D eigenvalue weighted by Gasteiger charge is 2.54. The van der Waals surface area contributed by atoms with Crippen LogP contribution in [0.5, 0.6) is 23.0 Å². The Balaban J connectivity index is 0.985. The zero-order valence-corrected chi connectivity index (χ0v) is 31.5. The number of benzene rings is 4. The molecule has 56 heavy (non-hydrogen) atoms. The number of aliphatic carboxylic acids is 1. The number of hydrogen-bond donors (Lipinski definition) is 2. The Labute approximate surface area is 328 Å². The van der Waals surface area contributed by atoms with E-state index >= 15 is 0 Å². The number of ether oxygens (including phenoxy) is 4. The molecule has 3 aliphatic heterocycles. The molecule has 286 valence electrons. The highest BCUT2D eigenvalue weighted by molar-refractivity contribution is 8.01. The van der Waals surface area contributed by atoms with Crippen molar-refractivity contribution < 1.29 is 52.8 Å². The van der Waals surface area contributed by atoms with Gasteiger partial charge in [-0.25, -0.2) is 14.5 Å². The van der Waals surface area contributed by atoms with Gasteiger partial charge in [0, 0.05) is 42.4 Å². The van der Waals surface area contributed by atoms with Gasteiger partial charge in [0.25, 0.3) is 5.91 Å². The molecule has 2 N–H and O–H groups in total. The van der Waals surface area contributed by atoms with Crippen LogP contribution in [0, 0.1) is 0 Å². The lowest BCUT2D eigenvalue weighted by Crippen LogP contribution is -2.70. The Morgan fingerprint density at radius 2 is 1.48 bits per heavy atom. The molecule has 3 heterocycles. The molecule has 4 aromatic carbocycles. The van der Waals surface area contributed by atoms with Gasteiger partial charge in [0.2, 0.25) is 5.91 Å². The van der Waals surface area contributed by atoms with Crippen molar-refractivity contribution in [2.75, 3.05) is 16.4 Å². The third-order valence-corrected chi connectivity index (χ3v) is 11.2. The average Bonchev–Trinajstić information content (AvgIpc) is 3.17. The first-order chi connectivity index (χ1) is 26.9. The van der Waals surface area contributed by atoms with E-state index in [2.05, 4.69) is 5.32 Å². The van der Waals surface area contributed by atoms with Crippen molar-refractivity contribution in [2.45, 2.75) is 43.2 Å². The fourth-order valence-electron chi connectivity index (χ4n) is 6.29. The minimum atomic E-state index is -1.20. The van der Waals surface area contributed by atoms with Gasteiger partial charge in [-0.2, -0.15) is 0 Å². The number of nitrogens with zero attached hydrogens (tertiary/aromatic N) is 2. The first-order valence-corrected chi connectivity index (χ1v) is 19.2. The van der Waals surface area contributed by atoms with Crippen LogP contribution in [0.25, 0.3) is 0 Å². The van der Waals surface area contributed by atoms with Gasteiger partial charge >= 0.3 is 24.0 Å². The number of fused-ring (bicyclic) bond motifs is 3. The second-order valence-electron chi connectivity index (χ2n) is 12.7. The summed E-state index contributed by atoms with van der Waals surface area (Å²) in [4.78, 5) is 78.2. The Morgan fingerprint density at radius 1 is 0.857 bits per heavy atom. The van der Waals surface area contributed by atoms with Gasteiger partial charge in [-0.15, -0.1) is 23.5 Å². The van der Waals surface area contributed by atoms with Crippen molar-refractivity contribution >= 4 is 70.7 Å². The number of carboxylic acid groups (broad SMARTS) is 1. The van der Waals surface area contributed by atoms with E-state index in [4.69, 9.17) is 18.9 Å². The molecular formula is C40H33N3O11S2. The summed E-state index contributed by atoms with van der Waals surface area (Å²) in [6.07, 6.45) is -0.611. The first-order valence-electron chi connectivity index (χ1n) is 17.2. The second kappa shape index (κ2) is 16.2. The number of esters is 2. The predicted octanol–water partition coefficient (Wildman–Crippen LogP) is 6.19. The Bertz CT molecular complexity index is 2220. The molecule has 0 radical (unpaired) electrons. The van der Waals surface area contributed by atoms with Crippen molar-refractivity contribution in [1.29, 1.82) is 0 Å². The minimum Gasteiger partial charge on any atom is -0.477 e. The number of rotatable bonds is 11. The number of thioether (sulfide) groups is 2. The van der Waals surface area contributed by atoms with E-state index in [9.17, 15) is 33.9 Å². The lowest BCUT2D eigenvalue weighted by Gasteiger charge is -2.49. The summed E-state index contributed by atoms with van der Waals surface area (Å²) in [5.74, 6) is -1.53. The molecule has 0 saturated carbocycles. The van der Waals surface area contributed by atoms with E-state index in [1.807, 2.05) is 42.5 Å². The van der Waals surface area contributed by atoms with Crippen molar-refractivity contribution in [3.63, 3.8) is 0 Å². The number of carbonyl (C=O) groups is 6. The fourth-order valence-corrected chi connectivity index (χ4v) is 8.67. The van der Waals surface area contributed by atoms with E-state index in [0.29, 0.717) is 34.0 Å². The molecule has 1 saturated heterocycles. The molecule has 16 heteroatoms. The highest BCUT2D eigenvalue weighted by atomic mass is 32.2. The summed E-state index contributed by atoms with van der Waals surface area (Å²) >= 11 is 2.82. The quantitative estimate of drug-likeness (QED) is 0.0761. The van der Waals surface area contributed by atoms with Crippen LogP contribution < -0.4 is 24.4 Å². The van der Waals surface area contributed by atoms with E-state index in [-0.39, 0.29) is 47.6 Å². The van der Waals surface area contributed by atoms with Gasteiger partial charge in [-0.1, -0.05) is 42.5 Å². The van der Waals surface area contributed by atoms with Crippen molar-refractivity contribution in [1.82, 2.24) is 10.2 Å². The maximum Gasteiger partial charge on any atom is 0.419 e. The van der Waals surface area contributed by atoms with Crippen LogP contribution in [0.3, 0.4) is 0 Å². The third kappa shape index (κ3) is 8.21. The molecule has 7 rings (SSSR count). The molecule has 4 aromatic rings. The summed E-state index contributed by atoms with van der Waals surface area (Å²) in [6, 6.07) is 24.6. The molecule has 0 aliphatic carbocycles. The first kappa shape index (κ1) is 38.0. The monoisotopic (exact) mass is 795 g/mol. The number of carboxylic acids is 1. The lowest BCUT2D eigenvalue weighted by molar-refractivity contribution is -0.150. The molecule has 1 fully saturated rings. The third-order valence-electron chi connectivity index (χ3n) is 8.74. The van der Waals surface area contributed by atoms with E-state index in [0.717, 1.165) is 10.5 Å². The van der Waals surface area contributed by atoms with Crippen molar-refractivity contribution in [2.24, 2.45) is 0 Å². The molecule has 2 atom stereocenters. The fraction of sp³-hybridized carbons (Fsp3) is 0.200. The van der Waals surface area contributed by atoms with Crippen LogP contribution in [-0.4, -0.2) is 68.7 Å². The second-order valence-corrected chi connectivity index (χ2v) is 14.9. The largest absolute Gasteiger partial charge is 0.477 e. The van der Waals surface area contributed by atoms with Gasteiger partial charge in [0.15, 0.2) is 11.5 Å². The summed E-state index contributed by atoms with van der Waals surface area (Å²) in [6.45, 7) is 2.43. The summed E-state index contributed by atoms with van der Waals surface area (Å²) < 4.78 is 22.1. The van der Waals surface area contributed by atoms with Gasteiger partial charge in [0.1, 0.15) is 35.2 Å². The zero-order chi connectivity index (χ0) is 39.5. The van der Waals surface area contributed by atoms with Crippen molar-refractivity contribution in [3.05, 3.63) is 113 Å². The Hall–Kier alpha value is -6.26. The van der Waals surface area contributed by atoms with Gasteiger partial charge in [-0.05, 0) is 53.1 Å². The van der Waals surface area contributed by atoms with E-state index in [1.54, 1.807) is 24.3 Å². The summed E-state index contributed by atoms with van der Waals surface area (Å²) in [5, 5.41) is 12.4. The van der Waals surface area contributed by atoms with Crippen LogP contribution in [0.2, 0.25) is 0 Å². The van der Waals surface area contributed by atoms with Crippen LogP contribution in [0.1, 0.15) is 25.0 Å². The standard InChI is InChI=1S/C40H33N3O11S2/c1-22(44)52-27-10-14-30-32(17-27)54-33-18-28(53-23(2)45)11-15-31(33)42(30)40(50)51-19-25-8-12-29(13-9-25)55-20-26-21-56-38-35(37(47)43(38)36(26)39(48)49)41-34(46)16-24-6-4-3-5-7-24/h3-15,17-18,35,38H,16,19-21H2,1-2H3,(H,41,46)(H,48,49). The summed E-state index contributed by atoms with van der Waals surface area (Å²) in [7, 11) is 0. The molecule has 0 aromatic heterocycles. The van der Waals surface area contributed by atoms with Gasteiger partial charge < -0.3 is 29.4 Å². The van der Waals surface area contributed by atoms with Gasteiger partial charge in [-0.3, -0.25) is 24.1 Å². The SMILES string of the molecule is CC(=O)Oc1ccc2c(c1)Oc1cc(OC(C)=O)ccc1N2C(=O)OCc1ccc(SCC2=C(C(=O)O)N3C(=O)C(NC(=O)Cc4ccccc4)C3SC2)cc1. The molecular weight excluding hydrogens is 763 g/mol. The molecule has 0 spiro atoms. The van der Waals surface area contributed by atoms with Crippen LogP contribution in [0.15, 0.2) is 107 Å². The number of anilines is 2. The van der Waals surface area contributed by atoms with Crippen molar-refractivity contribution in [3.8, 4) is 23.0 Å². The molecule has 3 amide bonds. The lowest BCUT2D eigenvalue weighted by atomic mass is 10.0. The van der Waals surface area contributed by atoms with Crippen LogP contribution >= 0.6 is 23.5 Å². The number of β-lactam (4-membered cyclic amide) rings is 1. The van der Waals surface area contributed by atoms with E-state index in [1.165, 1.54) is 71.4 Å². The maximum atomic E-state index is 13.6. The Kier molecular flexibility index (Phi) is 11.0. The van der Waals surface area contributed by atoms with E-state index < -0.39 is 41.3 Å². The minimum absolute atomic E-state index is 0.0557. The zero-order valence-electron chi connectivity index (χ0n) is 29.9. The summed E-state index contributed by atoms with van der Waals surface area (Å²) in [5.41, 5.74) is 2.69.